The molecule has 0 spiro atoms. The normalized spacial score (nSPS) is 12.7. The summed E-state index contributed by atoms with van der Waals surface area (Å²) in [7, 11) is 0. The number of aromatic nitrogens is 3. The number of benzene rings is 5. The topological polar surface area (TPSA) is 21.7 Å². The average Bonchev–Trinajstić information content (AvgIpc) is 3.55. The highest BCUT2D eigenvalue weighted by molar-refractivity contribution is 6.27. The standard InChI is InChI=1S/C31H17N3/c1-4-13-26-18(8-1)20-10-7-11-21-23-16-24-22(17-29(23)33(26)30(20)21)19-9-2-5-14-27(19)34-28-15-6-3-12-25(28)32-31(24)34/h1-17H. The number of hydrogen-bond donors (Lipinski definition) is 0. The molecule has 0 aliphatic heterocycles. The van der Waals surface area contributed by atoms with Crippen LogP contribution in [-0.4, -0.2) is 13.8 Å². The molecule has 0 saturated heterocycles. The van der Waals surface area contributed by atoms with Crippen molar-refractivity contribution in [2.24, 2.45) is 0 Å². The van der Waals surface area contributed by atoms with Gasteiger partial charge in [-0.1, -0.05) is 66.7 Å². The van der Waals surface area contributed by atoms with Crippen LogP contribution in [-0.2, 0) is 0 Å². The minimum Gasteiger partial charge on any atom is -0.308 e. The summed E-state index contributed by atoms with van der Waals surface area (Å²) in [6.07, 6.45) is 0. The molecule has 0 saturated carbocycles. The van der Waals surface area contributed by atoms with Crippen LogP contribution in [0.2, 0.25) is 0 Å². The first-order valence-corrected chi connectivity index (χ1v) is 11.7. The van der Waals surface area contributed by atoms with Crippen LogP contribution >= 0.6 is 0 Å². The lowest BCUT2D eigenvalue weighted by molar-refractivity contribution is 1.31. The quantitative estimate of drug-likeness (QED) is 0.223. The van der Waals surface area contributed by atoms with Gasteiger partial charge in [-0.05, 0) is 41.8 Å². The zero-order valence-electron chi connectivity index (χ0n) is 18.2. The van der Waals surface area contributed by atoms with Gasteiger partial charge in [0.05, 0.1) is 33.1 Å². The van der Waals surface area contributed by atoms with E-state index in [1.165, 1.54) is 59.8 Å². The summed E-state index contributed by atoms with van der Waals surface area (Å²) < 4.78 is 4.78. The Morgan fingerprint density at radius 2 is 1.03 bits per heavy atom. The van der Waals surface area contributed by atoms with E-state index in [-0.39, 0.29) is 0 Å². The van der Waals surface area contributed by atoms with Crippen LogP contribution < -0.4 is 0 Å². The van der Waals surface area contributed by atoms with Crippen LogP contribution in [0.25, 0.3) is 76.5 Å². The van der Waals surface area contributed by atoms with Gasteiger partial charge in [0.1, 0.15) is 5.65 Å². The minimum atomic E-state index is 1.02. The van der Waals surface area contributed by atoms with Gasteiger partial charge >= 0.3 is 0 Å². The van der Waals surface area contributed by atoms with E-state index in [2.05, 4.69) is 112 Å². The van der Waals surface area contributed by atoms with Crippen molar-refractivity contribution in [3.63, 3.8) is 0 Å². The van der Waals surface area contributed by atoms with E-state index >= 15 is 0 Å². The third kappa shape index (κ3) is 1.82. The number of hydrogen-bond acceptors (Lipinski definition) is 1. The van der Waals surface area contributed by atoms with Crippen LogP contribution in [0.5, 0.6) is 0 Å². The first-order chi connectivity index (χ1) is 16.9. The second kappa shape index (κ2) is 5.64. The molecular formula is C31H17N3. The zero-order valence-corrected chi connectivity index (χ0v) is 18.2. The number of rotatable bonds is 0. The number of para-hydroxylation sites is 5. The largest absolute Gasteiger partial charge is 0.308 e. The molecule has 0 unspecified atom stereocenters. The fourth-order valence-electron chi connectivity index (χ4n) is 6.23. The van der Waals surface area contributed by atoms with Crippen molar-refractivity contribution in [2.75, 3.05) is 0 Å². The molecule has 9 aromatic rings. The van der Waals surface area contributed by atoms with Crippen LogP contribution in [0.1, 0.15) is 0 Å². The van der Waals surface area contributed by atoms with Gasteiger partial charge in [-0.2, -0.15) is 0 Å². The Labute approximate surface area is 193 Å². The highest BCUT2D eigenvalue weighted by atomic mass is 15.0. The van der Waals surface area contributed by atoms with E-state index in [0.717, 1.165) is 16.7 Å². The molecule has 9 rings (SSSR count). The first-order valence-electron chi connectivity index (χ1n) is 11.7. The molecule has 0 radical (unpaired) electrons. The lowest BCUT2D eigenvalue weighted by Crippen LogP contribution is -1.92. The molecule has 4 heterocycles. The number of imidazole rings is 1. The molecule has 3 heteroatoms. The van der Waals surface area contributed by atoms with Crippen molar-refractivity contribution in [3.05, 3.63) is 103 Å². The third-order valence-corrected chi connectivity index (χ3v) is 7.60. The molecule has 0 amide bonds. The van der Waals surface area contributed by atoms with Gasteiger partial charge < -0.3 is 4.40 Å². The lowest BCUT2D eigenvalue weighted by Gasteiger charge is -2.10. The summed E-state index contributed by atoms with van der Waals surface area (Å²) in [4.78, 5) is 5.11. The Balaban J connectivity index is 1.63. The second-order valence-electron chi connectivity index (χ2n) is 9.25. The van der Waals surface area contributed by atoms with Crippen molar-refractivity contribution < 1.29 is 0 Å². The Morgan fingerprint density at radius 3 is 1.85 bits per heavy atom. The van der Waals surface area contributed by atoms with Crippen molar-refractivity contribution in [2.45, 2.75) is 0 Å². The number of pyridine rings is 1. The number of nitrogens with zero attached hydrogens (tertiary/aromatic N) is 3. The molecule has 34 heavy (non-hydrogen) atoms. The van der Waals surface area contributed by atoms with E-state index in [4.69, 9.17) is 4.98 Å². The van der Waals surface area contributed by atoms with Crippen LogP contribution in [0.3, 0.4) is 0 Å². The third-order valence-electron chi connectivity index (χ3n) is 7.60. The Morgan fingerprint density at radius 1 is 0.412 bits per heavy atom. The molecular weight excluding hydrogens is 414 g/mol. The summed E-state index contributed by atoms with van der Waals surface area (Å²) >= 11 is 0. The molecule has 0 bridgehead atoms. The second-order valence-corrected chi connectivity index (χ2v) is 9.25. The molecule has 0 N–H and O–H groups in total. The van der Waals surface area contributed by atoms with Gasteiger partial charge in [0.15, 0.2) is 0 Å². The minimum absolute atomic E-state index is 1.02. The van der Waals surface area contributed by atoms with Gasteiger partial charge in [-0.15, -0.1) is 0 Å². The van der Waals surface area contributed by atoms with Crippen LogP contribution in [0.4, 0.5) is 0 Å². The maximum atomic E-state index is 5.11. The van der Waals surface area contributed by atoms with Crippen molar-refractivity contribution in [1.29, 1.82) is 0 Å². The first kappa shape index (κ1) is 16.9. The van der Waals surface area contributed by atoms with Crippen molar-refractivity contribution >= 4 is 76.5 Å². The highest BCUT2D eigenvalue weighted by Crippen LogP contribution is 2.42. The van der Waals surface area contributed by atoms with E-state index < -0.39 is 0 Å². The van der Waals surface area contributed by atoms with Gasteiger partial charge in [0.25, 0.3) is 0 Å². The van der Waals surface area contributed by atoms with Crippen molar-refractivity contribution in [1.82, 2.24) is 13.8 Å². The maximum absolute atomic E-state index is 5.11. The summed E-state index contributed by atoms with van der Waals surface area (Å²) in [5, 5.41) is 8.90. The lowest BCUT2D eigenvalue weighted by atomic mass is 10.0. The smallest absolute Gasteiger partial charge is 0.146 e. The van der Waals surface area contributed by atoms with Crippen LogP contribution in [0.15, 0.2) is 103 Å². The summed E-state index contributed by atoms with van der Waals surface area (Å²) in [6.45, 7) is 0. The Bertz CT molecular complexity index is 2280. The Kier molecular flexibility index (Phi) is 2.81. The monoisotopic (exact) mass is 431 g/mol. The fourth-order valence-corrected chi connectivity index (χ4v) is 6.23. The highest BCUT2D eigenvalue weighted by Gasteiger charge is 2.20. The summed E-state index contributed by atoms with van der Waals surface area (Å²) in [5.41, 5.74) is 8.21. The summed E-state index contributed by atoms with van der Waals surface area (Å²) in [6, 6.07) is 37.3. The molecule has 4 aromatic heterocycles. The summed E-state index contributed by atoms with van der Waals surface area (Å²) in [5.74, 6) is 0. The van der Waals surface area contributed by atoms with Crippen LogP contribution in [0, 0.1) is 0 Å². The predicted molar refractivity (Wildman–Crippen MR) is 142 cm³/mol. The predicted octanol–water partition coefficient (Wildman–Crippen LogP) is 7.94. The molecule has 5 aromatic carbocycles. The maximum Gasteiger partial charge on any atom is 0.146 e. The molecule has 0 fully saturated rings. The molecule has 0 atom stereocenters. The SMILES string of the molecule is c1ccc2c(c1)nc1c3cc4c5cccc6c7ccccc7n(c4cc3c3ccccc3n21)c65. The zero-order chi connectivity index (χ0) is 22.0. The van der Waals surface area contributed by atoms with Gasteiger partial charge in [0.2, 0.25) is 0 Å². The van der Waals surface area contributed by atoms with E-state index in [0.29, 0.717) is 0 Å². The fraction of sp³-hybridized carbons (Fsp3) is 0. The van der Waals surface area contributed by atoms with Gasteiger partial charge in [-0.25, -0.2) is 4.98 Å². The van der Waals surface area contributed by atoms with E-state index in [9.17, 15) is 0 Å². The van der Waals surface area contributed by atoms with E-state index in [1.807, 2.05) is 0 Å². The molecule has 0 aliphatic rings. The van der Waals surface area contributed by atoms with Crippen molar-refractivity contribution in [3.8, 4) is 0 Å². The van der Waals surface area contributed by atoms with E-state index in [1.54, 1.807) is 0 Å². The average molecular weight is 431 g/mol. The molecule has 0 aliphatic carbocycles. The van der Waals surface area contributed by atoms with Gasteiger partial charge in [-0.3, -0.25) is 4.40 Å². The molecule has 156 valence electrons. The molecule has 3 nitrogen and oxygen atoms in total. The van der Waals surface area contributed by atoms with Gasteiger partial charge in [0, 0.05) is 32.3 Å². The Hall–Kier alpha value is -4.63. The number of fused-ring (bicyclic) bond motifs is 14.